The maximum Gasteiger partial charge on any atom is 0.215 e. The molecule has 2 aromatic carbocycles. The van der Waals surface area contributed by atoms with Crippen LogP contribution in [0.1, 0.15) is 24.0 Å². The number of hydrogen-bond acceptors (Lipinski definition) is 2. The van der Waals surface area contributed by atoms with Gasteiger partial charge in [0.1, 0.15) is 0 Å². The van der Waals surface area contributed by atoms with Crippen LogP contribution in [0.25, 0.3) is 0 Å². The van der Waals surface area contributed by atoms with E-state index in [1.807, 2.05) is 37.3 Å². The summed E-state index contributed by atoms with van der Waals surface area (Å²) >= 11 is 12.0. The Morgan fingerprint density at radius 3 is 2.18 bits per heavy atom. The first kappa shape index (κ1) is 17.3. The number of benzene rings is 2. The van der Waals surface area contributed by atoms with Crippen LogP contribution in [0.4, 0.5) is 0 Å². The first-order valence-corrected chi connectivity index (χ1v) is 9.25. The number of hydrogen-bond donors (Lipinski definition) is 1. The van der Waals surface area contributed by atoms with Gasteiger partial charge >= 0.3 is 0 Å². The predicted molar refractivity (Wildman–Crippen MR) is 91.9 cm³/mol. The second-order valence-electron chi connectivity index (χ2n) is 5.12. The highest BCUT2D eigenvalue weighted by molar-refractivity contribution is 7.88. The lowest BCUT2D eigenvalue weighted by Crippen LogP contribution is -2.29. The van der Waals surface area contributed by atoms with Crippen LogP contribution in [0.2, 0.25) is 10.0 Å². The van der Waals surface area contributed by atoms with Gasteiger partial charge in [-0.05, 0) is 23.6 Å². The van der Waals surface area contributed by atoms with Gasteiger partial charge in [0.15, 0.2) is 0 Å². The number of sulfonamides is 1. The summed E-state index contributed by atoms with van der Waals surface area (Å²) in [6, 6.07) is 14.7. The molecule has 0 radical (unpaired) electrons. The number of rotatable bonds is 6. The van der Waals surface area contributed by atoms with E-state index >= 15 is 0 Å². The highest BCUT2D eigenvalue weighted by Gasteiger charge is 2.17. The van der Waals surface area contributed by atoms with E-state index in [9.17, 15) is 8.42 Å². The van der Waals surface area contributed by atoms with Crippen molar-refractivity contribution >= 4 is 33.2 Å². The molecule has 22 heavy (non-hydrogen) atoms. The fourth-order valence-electron chi connectivity index (χ4n) is 2.06. The van der Waals surface area contributed by atoms with Crippen LogP contribution in [-0.2, 0) is 15.8 Å². The quantitative estimate of drug-likeness (QED) is 0.841. The van der Waals surface area contributed by atoms with E-state index < -0.39 is 10.0 Å². The molecule has 2 rings (SSSR count). The van der Waals surface area contributed by atoms with Crippen LogP contribution >= 0.6 is 23.2 Å². The second kappa shape index (κ2) is 7.47. The average Bonchev–Trinajstić information content (AvgIpc) is 2.50. The van der Waals surface area contributed by atoms with Crippen molar-refractivity contribution in [2.75, 3.05) is 6.54 Å². The van der Waals surface area contributed by atoms with Crippen molar-refractivity contribution in [2.24, 2.45) is 0 Å². The zero-order chi connectivity index (χ0) is 16.2. The molecule has 0 aliphatic carbocycles. The minimum absolute atomic E-state index is 0.0812. The monoisotopic (exact) mass is 357 g/mol. The number of halogens is 2. The van der Waals surface area contributed by atoms with Gasteiger partial charge in [0.25, 0.3) is 0 Å². The lowest BCUT2D eigenvalue weighted by Gasteiger charge is -2.14. The Bertz CT molecular complexity index is 713. The van der Waals surface area contributed by atoms with Gasteiger partial charge in [0.05, 0.1) is 5.75 Å². The van der Waals surface area contributed by atoms with Gasteiger partial charge in [-0.25, -0.2) is 13.1 Å². The molecule has 0 spiro atoms. The number of nitrogens with one attached hydrogen (secondary N) is 1. The fourth-order valence-corrected chi connectivity index (χ4v) is 4.05. The van der Waals surface area contributed by atoms with E-state index in [0.29, 0.717) is 22.2 Å². The molecule has 6 heteroatoms. The Kier molecular flexibility index (Phi) is 5.87. The molecule has 118 valence electrons. The van der Waals surface area contributed by atoms with Gasteiger partial charge in [0, 0.05) is 22.2 Å². The topological polar surface area (TPSA) is 46.2 Å². The largest absolute Gasteiger partial charge is 0.215 e. The standard InChI is InChI=1S/C16H17Cl2NO2S/c1-12(13-6-3-2-4-7-13)10-19-22(20,21)11-14-15(17)8-5-9-16(14)18/h2-9,12,19H,10-11H2,1H3/t12-/m0/s1. The van der Waals surface area contributed by atoms with Gasteiger partial charge in [-0.1, -0.05) is 66.5 Å². The SMILES string of the molecule is C[C@@H](CNS(=O)(=O)Cc1c(Cl)cccc1Cl)c1ccccc1. The van der Waals surface area contributed by atoms with Crippen molar-refractivity contribution in [3.8, 4) is 0 Å². The molecule has 0 aliphatic rings. The van der Waals surface area contributed by atoms with Crippen LogP contribution in [0, 0.1) is 0 Å². The van der Waals surface area contributed by atoms with E-state index in [-0.39, 0.29) is 11.7 Å². The van der Waals surface area contributed by atoms with E-state index in [0.717, 1.165) is 5.56 Å². The Morgan fingerprint density at radius 2 is 1.59 bits per heavy atom. The average molecular weight is 358 g/mol. The molecule has 0 unspecified atom stereocenters. The van der Waals surface area contributed by atoms with Crippen molar-refractivity contribution in [3.05, 3.63) is 69.7 Å². The summed E-state index contributed by atoms with van der Waals surface area (Å²) in [6.07, 6.45) is 0. The molecule has 0 saturated carbocycles. The minimum atomic E-state index is -3.50. The lowest BCUT2D eigenvalue weighted by atomic mass is 10.0. The maximum atomic E-state index is 12.2. The molecular formula is C16H17Cl2NO2S. The molecule has 0 saturated heterocycles. The van der Waals surface area contributed by atoms with Crippen LogP contribution < -0.4 is 4.72 Å². The first-order chi connectivity index (χ1) is 10.4. The zero-order valence-corrected chi connectivity index (χ0v) is 14.4. The lowest BCUT2D eigenvalue weighted by molar-refractivity contribution is 0.574. The van der Waals surface area contributed by atoms with Gasteiger partial charge in [0.2, 0.25) is 10.0 Å². The van der Waals surface area contributed by atoms with Crippen molar-refractivity contribution in [1.29, 1.82) is 0 Å². The summed E-state index contributed by atoms with van der Waals surface area (Å²) in [6.45, 7) is 2.30. The van der Waals surface area contributed by atoms with Crippen molar-refractivity contribution in [3.63, 3.8) is 0 Å². The van der Waals surface area contributed by atoms with E-state index in [1.165, 1.54) is 0 Å². The smallest absolute Gasteiger partial charge is 0.214 e. The molecule has 1 atom stereocenters. The molecule has 0 aliphatic heterocycles. The summed E-state index contributed by atoms with van der Waals surface area (Å²) in [7, 11) is -3.50. The van der Waals surface area contributed by atoms with E-state index in [2.05, 4.69) is 4.72 Å². The molecule has 0 bridgehead atoms. The van der Waals surface area contributed by atoms with Crippen molar-refractivity contribution in [1.82, 2.24) is 4.72 Å². The third-order valence-corrected chi connectivity index (χ3v) is 5.36. The molecule has 0 aromatic heterocycles. The van der Waals surface area contributed by atoms with Crippen molar-refractivity contribution < 1.29 is 8.42 Å². The van der Waals surface area contributed by atoms with Gasteiger partial charge < -0.3 is 0 Å². The Balaban J connectivity index is 2.03. The minimum Gasteiger partial charge on any atom is -0.214 e. The molecule has 1 N–H and O–H groups in total. The zero-order valence-electron chi connectivity index (χ0n) is 12.1. The second-order valence-corrected chi connectivity index (χ2v) is 7.74. The van der Waals surface area contributed by atoms with Crippen molar-refractivity contribution in [2.45, 2.75) is 18.6 Å². The summed E-state index contributed by atoms with van der Waals surface area (Å²) in [4.78, 5) is 0. The first-order valence-electron chi connectivity index (χ1n) is 6.84. The molecule has 0 amide bonds. The third kappa shape index (κ3) is 4.71. The Labute approximate surface area is 141 Å². The summed E-state index contributed by atoms with van der Waals surface area (Å²) < 4.78 is 27.0. The Morgan fingerprint density at radius 1 is 1.00 bits per heavy atom. The van der Waals surface area contributed by atoms with E-state index in [4.69, 9.17) is 23.2 Å². The summed E-state index contributed by atoms with van der Waals surface area (Å²) in [5.41, 5.74) is 1.51. The Hall–Kier alpha value is -1.07. The van der Waals surface area contributed by atoms with Crippen LogP contribution in [-0.4, -0.2) is 15.0 Å². The van der Waals surface area contributed by atoms with Gasteiger partial charge in [-0.2, -0.15) is 0 Å². The predicted octanol–water partition coefficient (Wildman–Crippen LogP) is 4.22. The molecule has 2 aromatic rings. The fraction of sp³-hybridized carbons (Fsp3) is 0.250. The molecule has 0 fully saturated rings. The van der Waals surface area contributed by atoms with Crippen LogP contribution in [0.5, 0.6) is 0 Å². The maximum absolute atomic E-state index is 12.2. The van der Waals surface area contributed by atoms with Gasteiger partial charge in [-0.3, -0.25) is 0 Å². The summed E-state index contributed by atoms with van der Waals surface area (Å²) in [5.74, 6) is -0.148. The molecule has 3 nitrogen and oxygen atoms in total. The van der Waals surface area contributed by atoms with Gasteiger partial charge in [-0.15, -0.1) is 0 Å². The van der Waals surface area contributed by atoms with E-state index in [1.54, 1.807) is 18.2 Å². The third-order valence-electron chi connectivity index (χ3n) is 3.37. The highest BCUT2D eigenvalue weighted by Crippen LogP contribution is 2.26. The molecular weight excluding hydrogens is 341 g/mol. The normalized spacial score (nSPS) is 13.0. The summed E-state index contributed by atoms with van der Waals surface area (Å²) in [5, 5.41) is 0.711. The van der Waals surface area contributed by atoms with Crippen LogP contribution in [0.15, 0.2) is 48.5 Å². The van der Waals surface area contributed by atoms with Crippen LogP contribution in [0.3, 0.4) is 0 Å². The highest BCUT2D eigenvalue weighted by atomic mass is 35.5. The molecule has 0 heterocycles.